The lowest BCUT2D eigenvalue weighted by Gasteiger charge is -2.25. The van der Waals surface area contributed by atoms with Crippen LogP contribution in [0.25, 0.3) is 11.2 Å². The molecule has 34 heavy (non-hydrogen) atoms. The van der Waals surface area contributed by atoms with Crippen molar-refractivity contribution in [2.45, 2.75) is 46.7 Å². The van der Waals surface area contributed by atoms with Gasteiger partial charge in [0.1, 0.15) is 12.4 Å². The summed E-state index contributed by atoms with van der Waals surface area (Å²) in [6.45, 7) is 5.86. The summed E-state index contributed by atoms with van der Waals surface area (Å²) in [4.78, 5) is 71.0. The van der Waals surface area contributed by atoms with Gasteiger partial charge in [0.15, 0.2) is 16.9 Å². The number of amides is 1. The number of nitrogen functional groups attached to an aromatic ring is 1. The van der Waals surface area contributed by atoms with Crippen molar-refractivity contribution in [3.8, 4) is 0 Å². The summed E-state index contributed by atoms with van der Waals surface area (Å²) >= 11 is 0. The molecule has 3 N–H and O–H groups in total. The number of aromatic nitrogens is 6. The number of carbonyl (C=O) groups excluding carboxylic acids is 1. The zero-order valence-corrected chi connectivity index (χ0v) is 20.0. The molecule has 0 aliphatic rings. The van der Waals surface area contributed by atoms with E-state index in [4.69, 9.17) is 5.73 Å². The number of H-pyrrole nitrogens is 1. The predicted molar refractivity (Wildman–Crippen MR) is 128 cm³/mol. The number of rotatable bonds is 8. The minimum Gasteiger partial charge on any atom is -0.383 e. The van der Waals surface area contributed by atoms with Crippen LogP contribution in [-0.2, 0) is 32.0 Å². The van der Waals surface area contributed by atoms with Crippen LogP contribution in [0.2, 0.25) is 0 Å². The van der Waals surface area contributed by atoms with Crippen LogP contribution in [0, 0.1) is 5.92 Å². The Morgan fingerprint density at radius 1 is 1.18 bits per heavy atom. The maximum Gasteiger partial charge on any atom is 0.332 e. The van der Waals surface area contributed by atoms with Gasteiger partial charge < -0.3 is 15.2 Å². The highest BCUT2D eigenvalue weighted by Gasteiger charge is 2.25. The lowest BCUT2D eigenvalue weighted by atomic mass is 10.2. The van der Waals surface area contributed by atoms with Gasteiger partial charge in [-0.05, 0) is 12.3 Å². The second-order valence-electron chi connectivity index (χ2n) is 8.65. The van der Waals surface area contributed by atoms with Crippen molar-refractivity contribution in [1.82, 2.24) is 28.2 Å². The van der Waals surface area contributed by atoms with Crippen LogP contribution in [0.4, 0.5) is 11.5 Å². The molecule has 3 aromatic rings. The largest absolute Gasteiger partial charge is 0.383 e. The lowest BCUT2D eigenvalue weighted by Crippen LogP contribution is -2.43. The van der Waals surface area contributed by atoms with Crippen LogP contribution >= 0.6 is 0 Å². The molecule has 184 valence electrons. The number of carbonyl (C=O) groups is 1. The van der Waals surface area contributed by atoms with Crippen molar-refractivity contribution >= 4 is 28.6 Å². The SMILES string of the molecule is CCCCN(C(=O)Cn1cnc2c1c(=O)n(C)c(=O)n2C)c1c(N)n(CC(C)C)c(=O)[nH]c1=O. The monoisotopic (exact) mass is 474 g/mol. The van der Waals surface area contributed by atoms with Crippen molar-refractivity contribution in [3.05, 3.63) is 48.0 Å². The Labute approximate surface area is 194 Å². The summed E-state index contributed by atoms with van der Waals surface area (Å²) in [5.41, 5.74) is 3.81. The summed E-state index contributed by atoms with van der Waals surface area (Å²) in [7, 11) is 2.82. The van der Waals surface area contributed by atoms with E-state index in [0.29, 0.717) is 6.42 Å². The van der Waals surface area contributed by atoms with E-state index in [1.807, 2.05) is 20.8 Å². The van der Waals surface area contributed by atoms with Gasteiger partial charge in [0.2, 0.25) is 5.91 Å². The first-order valence-electron chi connectivity index (χ1n) is 11.0. The number of imidazole rings is 1. The van der Waals surface area contributed by atoms with E-state index in [1.54, 1.807) is 0 Å². The Morgan fingerprint density at radius 3 is 2.47 bits per heavy atom. The van der Waals surface area contributed by atoms with E-state index in [9.17, 15) is 24.0 Å². The van der Waals surface area contributed by atoms with E-state index < -0.39 is 28.4 Å². The highest BCUT2D eigenvalue weighted by Crippen LogP contribution is 2.19. The molecule has 13 heteroatoms. The van der Waals surface area contributed by atoms with Gasteiger partial charge in [-0.2, -0.15) is 0 Å². The average molecular weight is 475 g/mol. The van der Waals surface area contributed by atoms with Crippen molar-refractivity contribution < 1.29 is 4.79 Å². The Kier molecular flexibility index (Phi) is 6.93. The third-order valence-corrected chi connectivity index (χ3v) is 5.59. The van der Waals surface area contributed by atoms with Crippen LogP contribution in [0.5, 0.6) is 0 Å². The maximum absolute atomic E-state index is 13.4. The number of unbranched alkanes of at least 4 members (excludes halogenated alkanes) is 1. The third kappa shape index (κ3) is 4.32. The number of fused-ring (bicyclic) bond motifs is 1. The van der Waals surface area contributed by atoms with Gasteiger partial charge in [-0.15, -0.1) is 0 Å². The molecule has 13 nitrogen and oxygen atoms in total. The molecule has 0 unspecified atom stereocenters. The van der Waals surface area contributed by atoms with Gasteiger partial charge in [-0.3, -0.25) is 33.1 Å². The van der Waals surface area contributed by atoms with Gasteiger partial charge in [0.25, 0.3) is 11.1 Å². The smallest absolute Gasteiger partial charge is 0.332 e. The number of hydrogen-bond acceptors (Lipinski definition) is 7. The summed E-state index contributed by atoms with van der Waals surface area (Å²) in [6, 6.07) is 0. The van der Waals surface area contributed by atoms with E-state index in [0.717, 1.165) is 11.0 Å². The van der Waals surface area contributed by atoms with Crippen LogP contribution in [0.15, 0.2) is 25.5 Å². The summed E-state index contributed by atoms with van der Waals surface area (Å²) < 4.78 is 4.74. The number of nitrogens with two attached hydrogens (primary N) is 1. The topological polar surface area (TPSA) is 163 Å². The number of aryl methyl sites for hydroxylation is 1. The Balaban J connectivity index is 2.12. The molecule has 3 rings (SSSR count). The quantitative estimate of drug-likeness (QED) is 0.438. The standard InChI is InChI=1S/C21H30N8O5/c1-6-7-8-28(14-16(22)29(9-12(2)3)20(33)24-18(14)31)13(30)10-27-11-23-17-15(27)19(32)26(5)21(34)25(17)4/h11-12H,6-10,22H2,1-5H3,(H,24,31,33). The molecule has 3 aromatic heterocycles. The number of hydrogen-bond donors (Lipinski definition) is 2. The first kappa shape index (κ1) is 24.7. The molecule has 0 radical (unpaired) electrons. The fourth-order valence-electron chi connectivity index (χ4n) is 3.81. The van der Waals surface area contributed by atoms with Crippen LogP contribution in [0.1, 0.15) is 33.6 Å². The van der Waals surface area contributed by atoms with Crippen LogP contribution in [-0.4, -0.2) is 40.7 Å². The van der Waals surface area contributed by atoms with Gasteiger partial charge in [-0.1, -0.05) is 27.2 Å². The zero-order valence-electron chi connectivity index (χ0n) is 20.0. The zero-order chi connectivity index (χ0) is 25.3. The third-order valence-electron chi connectivity index (χ3n) is 5.59. The molecule has 0 fully saturated rings. The van der Waals surface area contributed by atoms with E-state index >= 15 is 0 Å². The summed E-state index contributed by atoms with van der Waals surface area (Å²) in [5, 5.41) is 0. The van der Waals surface area contributed by atoms with Crippen LogP contribution in [0.3, 0.4) is 0 Å². The summed E-state index contributed by atoms with van der Waals surface area (Å²) in [5.74, 6) is -0.546. The Hall–Kier alpha value is -3.90. The molecule has 0 saturated heterocycles. The Bertz CT molecular complexity index is 1470. The number of nitrogens with zero attached hydrogens (tertiary/aromatic N) is 6. The lowest BCUT2D eigenvalue weighted by molar-refractivity contribution is -0.119. The molecular weight excluding hydrogens is 444 g/mol. The maximum atomic E-state index is 13.4. The van der Waals surface area contributed by atoms with Crippen molar-refractivity contribution in [1.29, 1.82) is 0 Å². The average Bonchev–Trinajstić information content (AvgIpc) is 3.19. The molecule has 0 bridgehead atoms. The fraction of sp³-hybridized carbons (Fsp3) is 0.524. The minimum atomic E-state index is -0.763. The molecule has 1 amide bonds. The van der Waals surface area contributed by atoms with Gasteiger partial charge >= 0.3 is 11.4 Å². The molecule has 0 aliphatic carbocycles. The second kappa shape index (κ2) is 9.53. The number of aromatic amines is 1. The van der Waals surface area contributed by atoms with Gasteiger partial charge in [0.05, 0.1) is 6.33 Å². The van der Waals surface area contributed by atoms with Crippen molar-refractivity contribution in [2.75, 3.05) is 17.2 Å². The molecule has 0 spiro atoms. The molecule has 3 heterocycles. The van der Waals surface area contributed by atoms with Crippen molar-refractivity contribution in [2.24, 2.45) is 20.0 Å². The van der Waals surface area contributed by atoms with E-state index in [1.165, 1.54) is 39.0 Å². The first-order chi connectivity index (χ1) is 16.0. The first-order valence-corrected chi connectivity index (χ1v) is 11.0. The van der Waals surface area contributed by atoms with Gasteiger partial charge in [0, 0.05) is 27.2 Å². The second-order valence-corrected chi connectivity index (χ2v) is 8.65. The normalized spacial score (nSPS) is 11.5. The Morgan fingerprint density at radius 2 is 1.85 bits per heavy atom. The van der Waals surface area contributed by atoms with Crippen LogP contribution < -0.4 is 33.1 Å². The van der Waals surface area contributed by atoms with Crippen molar-refractivity contribution in [3.63, 3.8) is 0 Å². The fourth-order valence-corrected chi connectivity index (χ4v) is 3.81. The molecule has 0 aromatic carbocycles. The van der Waals surface area contributed by atoms with E-state index in [-0.39, 0.29) is 48.2 Å². The highest BCUT2D eigenvalue weighted by molar-refractivity contribution is 5.96. The molecular formula is C21H30N8O5. The highest BCUT2D eigenvalue weighted by atomic mass is 16.2. The molecule has 0 saturated carbocycles. The number of nitrogens with one attached hydrogen (secondary N) is 1. The summed E-state index contributed by atoms with van der Waals surface area (Å²) in [6.07, 6.45) is 2.62. The minimum absolute atomic E-state index is 0.0683. The number of anilines is 2. The molecule has 0 aliphatic heterocycles. The predicted octanol–water partition coefficient (Wildman–Crippen LogP) is -0.645. The van der Waals surface area contributed by atoms with E-state index in [2.05, 4.69) is 9.97 Å². The molecule has 0 atom stereocenters. The van der Waals surface area contributed by atoms with Gasteiger partial charge in [-0.25, -0.2) is 14.6 Å².